The van der Waals surface area contributed by atoms with Crippen molar-refractivity contribution in [1.29, 1.82) is 0 Å². The molecule has 0 aliphatic carbocycles. The summed E-state index contributed by atoms with van der Waals surface area (Å²) in [5.74, 6) is 0.641. The lowest BCUT2D eigenvalue weighted by Crippen LogP contribution is -2.31. The second kappa shape index (κ2) is 5.17. The summed E-state index contributed by atoms with van der Waals surface area (Å²) in [6.45, 7) is 1.88. The van der Waals surface area contributed by atoms with E-state index in [4.69, 9.17) is 16.3 Å². The topological polar surface area (TPSA) is 38.3 Å². The highest BCUT2D eigenvalue weighted by Gasteiger charge is 2.29. The Morgan fingerprint density at radius 1 is 1.25 bits per heavy atom. The molecule has 0 spiro atoms. The molecular formula is C16H14ClNO2. The van der Waals surface area contributed by atoms with Crippen LogP contribution in [0.4, 0.5) is 5.69 Å². The number of carbonyl (C=O) groups is 1. The number of fused-ring (bicyclic) bond motifs is 1. The molecule has 0 radical (unpaired) electrons. The number of anilines is 1. The maximum Gasteiger partial charge on any atom is 0.265 e. The van der Waals surface area contributed by atoms with Gasteiger partial charge in [-0.25, -0.2) is 0 Å². The molecule has 1 aliphatic heterocycles. The van der Waals surface area contributed by atoms with E-state index in [0.717, 1.165) is 22.6 Å². The zero-order valence-corrected chi connectivity index (χ0v) is 11.8. The first-order chi connectivity index (χ1) is 9.65. The number of amides is 1. The Morgan fingerprint density at radius 2 is 2.05 bits per heavy atom. The van der Waals surface area contributed by atoms with Crippen LogP contribution in [0.1, 0.15) is 11.1 Å². The average Bonchev–Trinajstić information content (AvgIpc) is 2.88. The summed E-state index contributed by atoms with van der Waals surface area (Å²) >= 11 is 6.05. The van der Waals surface area contributed by atoms with Crippen molar-refractivity contribution in [1.82, 2.24) is 0 Å². The highest BCUT2D eigenvalue weighted by atomic mass is 35.5. The number of para-hydroxylation sites is 1. The van der Waals surface area contributed by atoms with Gasteiger partial charge in [0.2, 0.25) is 0 Å². The first-order valence-corrected chi connectivity index (χ1v) is 6.83. The fraction of sp³-hybridized carbons (Fsp3) is 0.188. The van der Waals surface area contributed by atoms with Gasteiger partial charge < -0.3 is 10.1 Å². The molecule has 0 fully saturated rings. The second-order valence-corrected chi connectivity index (χ2v) is 5.23. The summed E-state index contributed by atoms with van der Waals surface area (Å²) in [4.78, 5) is 12.3. The molecule has 4 heteroatoms. The van der Waals surface area contributed by atoms with Crippen LogP contribution in [0, 0.1) is 6.92 Å². The largest absolute Gasteiger partial charge is 0.480 e. The number of halogens is 1. The van der Waals surface area contributed by atoms with E-state index in [-0.39, 0.29) is 5.91 Å². The molecule has 1 heterocycles. The van der Waals surface area contributed by atoms with Crippen LogP contribution in [-0.4, -0.2) is 12.0 Å². The van der Waals surface area contributed by atoms with E-state index in [2.05, 4.69) is 5.32 Å². The molecule has 3 nitrogen and oxygen atoms in total. The third-order valence-corrected chi connectivity index (χ3v) is 3.87. The Hall–Kier alpha value is -2.00. The molecule has 0 saturated heterocycles. The van der Waals surface area contributed by atoms with Gasteiger partial charge in [0.1, 0.15) is 5.75 Å². The molecule has 102 valence electrons. The Balaban J connectivity index is 1.74. The van der Waals surface area contributed by atoms with Crippen molar-refractivity contribution < 1.29 is 9.53 Å². The zero-order chi connectivity index (χ0) is 14.1. The van der Waals surface area contributed by atoms with Crippen LogP contribution in [0.2, 0.25) is 5.02 Å². The molecule has 1 aliphatic rings. The Bertz CT molecular complexity index is 644. The van der Waals surface area contributed by atoms with Gasteiger partial charge in [-0.05, 0) is 36.2 Å². The van der Waals surface area contributed by atoms with Crippen LogP contribution in [0.25, 0.3) is 0 Å². The molecule has 3 rings (SSSR count). The summed E-state index contributed by atoms with van der Waals surface area (Å²) in [6, 6.07) is 13.2. The second-order valence-electron chi connectivity index (χ2n) is 4.82. The molecule has 0 unspecified atom stereocenters. The number of nitrogens with one attached hydrogen (secondary N) is 1. The normalized spacial score (nSPS) is 16.4. The van der Waals surface area contributed by atoms with E-state index in [1.54, 1.807) is 6.07 Å². The first kappa shape index (κ1) is 13.0. The van der Waals surface area contributed by atoms with Gasteiger partial charge >= 0.3 is 0 Å². The summed E-state index contributed by atoms with van der Waals surface area (Å²) in [7, 11) is 0. The summed E-state index contributed by atoms with van der Waals surface area (Å²) < 4.78 is 5.67. The average molecular weight is 288 g/mol. The monoisotopic (exact) mass is 287 g/mol. The standard InChI is InChI=1S/C16H14ClNO2/c1-10-12(17)6-4-7-13(10)18-16(19)15-9-11-5-2-3-8-14(11)20-15/h2-8,15H,9H2,1H3,(H,18,19)/t15-/m0/s1. The highest BCUT2D eigenvalue weighted by Crippen LogP contribution is 2.29. The van der Waals surface area contributed by atoms with Crippen molar-refractivity contribution in [2.24, 2.45) is 0 Å². The van der Waals surface area contributed by atoms with E-state index in [1.165, 1.54) is 0 Å². The highest BCUT2D eigenvalue weighted by molar-refractivity contribution is 6.31. The SMILES string of the molecule is Cc1c(Cl)cccc1NC(=O)[C@@H]1Cc2ccccc2O1. The minimum absolute atomic E-state index is 0.147. The number of hydrogen-bond acceptors (Lipinski definition) is 2. The molecule has 1 N–H and O–H groups in total. The number of benzene rings is 2. The van der Waals surface area contributed by atoms with E-state index in [1.807, 2.05) is 43.3 Å². The molecule has 0 aromatic heterocycles. The summed E-state index contributed by atoms with van der Waals surface area (Å²) in [5, 5.41) is 3.52. The number of rotatable bonds is 2. The van der Waals surface area contributed by atoms with Crippen molar-refractivity contribution in [3.63, 3.8) is 0 Å². The predicted molar refractivity (Wildman–Crippen MR) is 79.4 cm³/mol. The van der Waals surface area contributed by atoms with Crippen LogP contribution in [0.15, 0.2) is 42.5 Å². The van der Waals surface area contributed by atoms with Crippen molar-refractivity contribution in [2.75, 3.05) is 5.32 Å². The van der Waals surface area contributed by atoms with Gasteiger partial charge in [0.15, 0.2) is 6.10 Å². The third-order valence-electron chi connectivity index (χ3n) is 3.47. The predicted octanol–water partition coefficient (Wildman–Crippen LogP) is 3.59. The molecular weight excluding hydrogens is 274 g/mol. The van der Waals surface area contributed by atoms with Crippen molar-refractivity contribution in [3.05, 3.63) is 58.6 Å². The zero-order valence-electron chi connectivity index (χ0n) is 11.0. The smallest absolute Gasteiger partial charge is 0.265 e. The van der Waals surface area contributed by atoms with Crippen molar-refractivity contribution in [3.8, 4) is 5.75 Å². The fourth-order valence-corrected chi connectivity index (χ4v) is 2.46. The molecule has 1 amide bonds. The molecule has 0 bridgehead atoms. The van der Waals surface area contributed by atoms with Gasteiger partial charge in [-0.2, -0.15) is 0 Å². The maximum absolute atomic E-state index is 12.3. The maximum atomic E-state index is 12.3. The van der Waals surface area contributed by atoms with Gasteiger partial charge in [-0.1, -0.05) is 35.9 Å². The third kappa shape index (κ3) is 2.37. The van der Waals surface area contributed by atoms with E-state index in [9.17, 15) is 4.79 Å². The number of carbonyl (C=O) groups excluding carboxylic acids is 1. The molecule has 2 aromatic rings. The molecule has 0 saturated carbocycles. The Labute approximate surface area is 122 Å². The minimum atomic E-state index is -0.481. The van der Waals surface area contributed by atoms with E-state index in [0.29, 0.717) is 11.4 Å². The van der Waals surface area contributed by atoms with E-state index < -0.39 is 6.10 Å². The molecule has 20 heavy (non-hydrogen) atoms. The molecule has 2 aromatic carbocycles. The van der Waals surface area contributed by atoms with Crippen LogP contribution < -0.4 is 10.1 Å². The van der Waals surface area contributed by atoms with Gasteiger partial charge in [0.25, 0.3) is 5.91 Å². The number of ether oxygens (including phenoxy) is 1. The van der Waals surface area contributed by atoms with Crippen LogP contribution >= 0.6 is 11.6 Å². The van der Waals surface area contributed by atoms with Gasteiger partial charge in [0.05, 0.1) is 0 Å². The minimum Gasteiger partial charge on any atom is -0.480 e. The Morgan fingerprint density at radius 3 is 2.85 bits per heavy atom. The lowest BCUT2D eigenvalue weighted by molar-refractivity contribution is -0.122. The quantitative estimate of drug-likeness (QED) is 0.917. The van der Waals surface area contributed by atoms with Crippen molar-refractivity contribution in [2.45, 2.75) is 19.4 Å². The van der Waals surface area contributed by atoms with E-state index >= 15 is 0 Å². The van der Waals surface area contributed by atoms with Crippen molar-refractivity contribution >= 4 is 23.2 Å². The first-order valence-electron chi connectivity index (χ1n) is 6.45. The lowest BCUT2D eigenvalue weighted by atomic mass is 10.1. The van der Waals surface area contributed by atoms with Gasteiger partial charge in [-0.15, -0.1) is 0 Å². The summed E-state index contributed by atoms with van der Waals surface area (Å²) in [5.41, 5.74) is 2.65. The van der Waals surface area contributed by atoms with Crippen LogP contribution in [0.3, 0.4) is 0 Å². The molecule has 1 atom stereocenters. The van der Waals surface area contributed by atoms with Crippen LogP contribution in [0.5, 0.6) is 5.75 Å². The Kier molecular flexibility index (Phi) is 3.36. The summed E-state index contributed by atoms with van der Waals surface area (Å²) in [6.07, 6.45) is 0.118. The van der Waals surface area contributed by atoms with Crippen LogP contribution in [-0.2, 0) is 11.2 Å². The lowest BCUT2D eigenvalue weighted by Gasteiger charge is -2.13. The fourth-order valence-electron chi connectivity index (χ4n) is 2.28. The number of hydrogen-bond donors (Lipinski definition) is 1. The van der Waals surface area contributed by atoms with Gasteiger partial charge in [-0.3, -0.25) is 4.79 Å². The van der Waals surface area contributed by atoms with Gasteiger partial charge in [0, 0.05) is 17.1 Å².